The minimum atomic E-state index is -0.693. The highest BCUT2D eigenvalue weighted by Gasteiger charge is 2.12. The Kier molecular flexibility index (Phi) is 4.71. The van der Waals surface area contributed by atoms with Gasteiger partial charge >= 0.3 is 0 Å². The SMILES string of the molecule is COc1cc2nc(Cc3cnn(-c4cc(F)cc(F)c4)c3)[nH]c(=O)c2cc1OC. The van der Waals surface area contributed by atoms with Crippen LogP contribution in [0.2, 0.25) is 0 Å². The number of benzene rings is 2. The van der Waals surface area contributed by atoms with Gasteiger partial charge in [0.2, 0.25) is 0 Å². The van der Waals surface area contributed by atoms with Gasteiger partial charge < -0.3 is 14.5 Å². The average molecular weight is 398 g/mol. The summed E-state index contributed by atoms with van der Waals surface area (Å²) >= 11 is 0. The second kappa shape index (κ2) is 7.34. The van der Waals surface area contributed by atoms with E-state index in [0.717, 1.165) is 6.07 Å². The van der Waals surface area contributed by atoms with E-state index in [2.05, 4.69) is 15.1 Å². The fourth-order valence-electron chi connectivity index (χ4n) is 3.06. The molecule has 0 unspecified atom stereocenters. The highest BCUT2D eigenvalue weighted by molar-refractivity contribution is 5.81. The summed E-state index contributed by atoms with van der Waals surface area (Å²) in [5, 5.41) is 4.50. The minimum absolute atomic E-state index is 0.255. The van der Waals surface area contributed by atoms with Crippen LogP contribution in [0.1, 0.15) is 11.4 Å². The Morgan fingerprint density at radius 3 is 2.41 bits per heavy atom. The summed E-state index contributed by atoms with van der Waals surface area (Å²) < 4.78 is 38.7. The molecule has 2 aromatic carbocycles. The predicted octanol–water partition coefficient (Wildman–Crippen LogP) is 3.00. The lowest BCUT2D eigenvalue weighted by Gasteiger charge is -2.09. The zero-order chi connectivity index (χ0) is 20.5. The summed E-state index contributed by atoms with van der Waals surface area (Å²) in [4.78, 5) is 19.7. The number of hydrogen-bond acceptors (Lipinski definition) is 5. The molecule has 0 aliphatic carbocycles. The van der Waals surface area contributed by atoms with Crippen LogP contribution in [-0.2, 0) is 6.42 Å². The molecule has 4 aromatic rings. The third kappa shape index (κ3) is 3.66. The summed E-state index contributed by atoms with van der Waals surface area (Å²) in [6.07, 6.45) is 3.44. The molecule has 148 valence electrons. The molecule has 0 radical (unpaired) electrons. The Hall–Kier alpha value is -3.75. The maximum atomic E-state index is 13.4. The molecule has 2 heterocycles. The molecule has 4 rings (SSSR count). The van der Waals surface area contributed by atoms with Gasteiger partial charge in [-0.05, 0) is 23.8 Å². The third-order valence-corrected chi connectivity index (χ3v) is 4.38. The van der Waals surface area contributed by atoms with Crippen LogP contribution in [0.5, 0.6) is 11.5 Å². The van der Waals surface area contributed by atoms with Crippen LogP contribution in [0.15, 0.2) is 47.5 Å². The summed E-state index contributed by atoms with van der Waals surface area (Å²) in [7, 11) is 2.99. The van der Waals surface area contributed by atoms with Crippen molar-refractivity contribution in [1.82, 2.24) is 19.7 Å². The highest BCUT2D eigenvalue weighted by Crippen LogP contribution is 2.30. The van der Waals surface area contributed by atoms with E-state index in [-0.39, 0.29) is 17.7 Å². The molecule has 1 N–H and O–H groups in total. The number of nitrogens with zero attached hydrogens (tertiary/aromatic N) is 3. The third-order valence-electron chi connectivity index (χ3n) is 4.38. The summed E-state index contributed by atoms with van der Waals surface area (Å²) in [5.41, 5.74) is 1.11. The molecule has 9 heteroatoms. The fraction of sp³-hybridized carbons (Fsp3) is 0.150. The topological polar surface area (TPSA) is 82.0 Å². The van der Waals surface area contributed by atoms with Crippen molar-refractivity contribution in [3.8, 4) is 17.2 Å². The van der Waals surface area contributed by atoms with Gasteiger partial charge in [0.05, 0.1) is 37.0 Å². The van der Waals surface area contributed by atoms with E-state index in [1.807, 2.05) is 0 Å². The maximum absolute atomic E-state index is 13.4. The number of ether oxygens (including phenoxy) is 2. The molecule has 0 spiro atoms. The van der Waals surface area contributed by atoms with E-state index in [9.17, 15) is 13.6 Å². The van der Waals surface area contributed by atoms with E-state index < -0.39 is 11.6 Å². The van der Waals surface area contributed by atoms with Gasteiger partial charge in [0.15, 0.2) is 11.5 Å². The first-order chi connectivity index (χ1) is 14.0. The number of nitrogens with one attached hydrogen (secondary N) is 1. The van der Waals surface area contributed by atoms with Crippen LogP contribution >= 0.6 is 0 Å². The van der Waals surface area contributed by atoms with Crippen LogP contribution in [0.3, 0.4) is 0 Å². The molecule has 0 saturated carbocycles. The van der Waals surface area contributed by atoms with Crippen molar-refractivity contribution in [2.75, 3.05) is 14.2 Å². The quantitative estimate of drug-likeness (QED) is 0.559. The smallest absolute Gasteiger partial charge is 0.258 e. The lowest BCUT2D eigenvalue weighted by atomic mass is 10.2. The average Bonchev–Trinajstić information content (AvgIpc) is 3.15. The number of aromatic nitrogens is 4. The molecule has 0 atom stereocenters. The fourth-order valence-corrected chi connectivity index (χ4v) is 3.06. The van der Waals surface area contributed by atoms with Crippen molar-refractivity contribution in [2.45, 2.75) is 6.42 Å². The van der Waals surface area contributed by atoms with Crippen molar-refractivity contribution in [3.63, 3.8) is 0 Å². The van der Waals surface area contributed by atoms with E-state index in [4.69, 9.17) is 9.47 Å². The zero-order valence-corrected chi connectivity index (χ0v) is 15.6. The first-order valence-corrected chi connectivity index (χ1v) is 8.62. The van der Waals surface area contributed by atoms with Crippen molar-refractivity contribution in [1.29, 1.82) is 0 Å². The van der Waals surface area contributed by atoms with Crippen molar-refractivity contribution in [2.24, 2.45) is 0 Å². The number of methoxy groups -OCH3 is 2. The van der Waals surface area contributed by atoms with Crippen molar-refractivity contribution < 1.29 is 18.3 Å². The lowest BCUT2D eigenvalue weighted by molar-refractivity contribution is 0.355. The lowest BCUT2D eigenvalue weighted by Crippen LogP contribution is -2.12. The number of halogens is 2. The van der Waals surface area contributed by atoms with Crippen LogP contribution in [0.4, 0.5) is 8.78 Å². The van der Waals surface area contributed by atoms with E-state index in [0.29, 0.717) is 33.8 Å². The van der Waals surface area contributed by atoms with E-state index >= 15 is 0 Å². The minimum Gasteiger partial charge on any atom is -0.493 e. The second-order valence-electron chi connectivity index (χ2n) is 6.33. The Bertz CT molecular complexity index is 1250. The summed E-state index contributed by atoms with van der Waals surface area (Å²) in [6, 6.07) is 6.35. The van der Waals surface area contributed by atoms with Crippen LogP contribution in [-0.4, -0.2) is 34.0 Å². The molecule has 29 heavy (non-hydrogen) atoms. The normalized spacial score (nSPS) is 11.0. The molecule has 0 bridgehead atoms. The molecule has 0 aliphatic heterocycles. The van der Waals surface area contributed by atoms with Crippen molar-refractivity contribution >= 4 is 10.9 Å². The summed E-state index contributed by atoms with van der Waals surface area (Å²) in [6.45, 7) is 0. The Morgan fingerprint density at radius 2 is 1.72 bits per heavy atom. The number of fused-ring (bicyclic) bond motifs is 1. The van der Waals surface area contributed by atoms with Crippen molar-refractivity contribution in [3.05, 3.63) is 76.1 Å². The molecule has 0 fully saturated rings. The van der Waals surface area contributed by atoms with Gasteiger partial charge in [-0.1, -0.05) is 0 Å². The molecular formula is C20H16F2N4O3. The van der Waals surface area contributed by atoms with Gasteiger partial charge in [0.25, 0.3) is 5.56 Å². The Labute approximate surface area is 163 Å². The molecular weight excluding hydrogens is 382 g/mol. The van der Waals surface area contributed by atoms with E-state index in [1.54, 1.807) is 24.5 Å². The predicted molar refractivity (Wildman–Crippen MR) is 102 cm³/mol. The highest BCUT2D eigenvalue weighted by atomic mass is 19.1. The second-order valence-corrected chi connectivity index (χ2v) is 6.33. The largest absolute Gasteiger partial charge is 0.493 e. The molecule has 0 amide bonds. The Morgan fingerprint density at radius 1 is 1.03 bits per heavy atom. The van der Waals surface area contributed by atoms with Crippen LogP contribution in [0, 0.1) is 11.6 Å². The van der Waals surface area contributed by atoms with Gasteiger partial charge in [0, 0.05) is 24.8 Å². The maximum Gasteiger partial charge on any atom is 0.258 e. The number of H-pyrrole nitrogens is 1. The molecule has 2 aromatic heterocycles. The van der Waals surface area contributed by atoms with E-state index in [1.165, 1.54) is 31.0 Å². The van der Waals surface area contributed by atoms with Gasteiger partial charge in [-0.15, -0.1) is 0 Å². The number of hydrogen-bond donors (Lipinski definition) is 1. The molecule has 7 nitrogen and oxygen atoms in total. The molecule has 0 aliphatic rings. The van der Waals surface area contributed by atoms with Crippen LogP contribution < -0.4 is 15.0 Å². The van der Waals surface area contributed by atoms with Gasteiger partial charge in [0.1, 0.15) is 17.5 Å². The summed E-state index contributed by atoms with van der Waals surface area (Å²) in [5.74, 6) is -0.0720. The first kappa shape index (κ1) is 18.6. The number of aromatic amines is 1. The van der Waals surface area contributed by atoms with Crippen LogP contribution in [0.25, 0.3) is 16.6 Å². The van der Waals surface area contributed by atoms with Gasteiger partial charge in [-0.25, -0.2) is 18.4 Å². The Balaban J connectivity index is 1.68. The number of rotatable bonds is 5. The zero-order valence-electron chi connectivity index (χ0n) is 15.6. The van der Waals surface area contributed by atoms with Gasteiger partial charge in [-0.2, -0.15) is 5.10 Å². The monoisotopic (exact) mass is 398 g/mol. The van der Waals surface area contributed by atoms with Gasteiger partial charge in [-0.3, -0.25) is 4.79 Å². The standard InChI is InChI=1S/C20H16F2N4O3/c1-28-17-7-15-16(8-18(17)29-2)24-19(25-20(15)27)3-11-9-23-26(10-11)14-5-12(21)4-13(22)6-14/h4-10H,3H2,1-2H3,(H,24,25,27). The first-order valence-electron chi connectivity index (χ1n) is 8.62. The molecule has 0 saturated heterocycles.